The van der Waals surface area contributed by atoms with Crippen LogP contribution in [0.25, 0.3) is 0 Å². The van der Waals surface area contributed by atoms with Crippen LogP contribution in [0.5, 0.6) is 5.75 Å². The summed E-state index contributed by atoms with van der Waals surface area (Å²) in [6.07, 6.45) is 2.06. The number of hydrogen-bond acceptors (Lipinski definition) is 4. The molecule has 20 heavy (non-hydrogen) atoms. The molecule has 5 nitrogen and oxygen atoms in total. The van der Waals surface area contributed by atoms with Gasteiger partial charge < -0.3 is 10.5 Å². The zero-order chi connectivity index (χ0) is 14.8. The Morgan fingerprint density at radius 1 is 1.50 bits per heavy atom. The predicted octanol–water partition coefficient (Wildman–Crippen LogP) is 1.86. The highest BCUT2D eigenvalue weighted by molar-refractivity contribution is 9.10. The molecule has 1 unspecified atom stereocenters. The van der Waals surface area contributed by atoms with Gasteiger partial charge in [-0.2, -0.15) is 0 Å². The third-order valence-electron chi connectivity index (χ3n) is 3.25. The third-order valence-corrected chi connectivity index (χ3v) is 5.25. The first kappa shape index (κ1) is 15.8. The Labute approximate surface area is 128 Å². The molecule has 3 N–H and O–H groups in total. The van der Waals surface area contributed by atoms with Crippen molar-refractivity contribution in [2.45, 2.75) is 30.7 Å². The number of nitrogens with one attached hydrogen (secondary N) is 1. The van der Waals surface area contributed by atoms with Gasteiger partial charge in [-0.1, -0.05) is 15.9 Å². The molecule has 7 heteroatoms. The van der Waals surface area contributed by atoms with E-state index in [2.05, 4.69) is 20.7 Å². The molecule has 1 aliphatic rings. The number of hydrogen-bond donors (Lipinski definition) is 2. The van der Waals surface area contributed by atoms with Crippen LogP contribution in [0.3, 0.4) is 0 Å². The summed E-state index contributed by atoms with van der Waals surface area (Å²) in [6, 6.07) is 4.75. The zero-order valence-corrected chi connectivity index (χ0v) is 13.7. The molecule has 1 aromatic carbocycles. The fourth-order valence-corrected chi connectivity index (χ4v) is 4.07. The van der Waals surface area contributed by atoms with Gasteiger partial charge in [-0.15, -0.1) is 0 Å². The van der Waals surface area contributed by atoms with Crippen molar-refractivity contribution >= 4 is 26.0 Å². The van der Waals surface area contributed by atoms with Gasteiger partial charge in [0.2, 0.25) is 10.0 Å². The Bertz CT molecular complexity index is 573. The van der Waals surface area contributed by atoms with Crippen molar-refractivity contribution in [2.24, 2.45) is 11.7 Å². The summed E-state index contributed by atoms with van der Waals surface area (Å²) in [6.45, 7) is 2.54. The van der Waals surface area contributed by atoms with Crippen LogP contribution in [0.4, 0.5) is 0 Å². The van der Waals surface area contributed by atoms with Crippen molar-refractivity contribution < 1.29 is 13.2 Å². The SMILES string of the molecule is CCOc1ccc(Br)cc1S(=O)(=O)NC(CN)C1CC1. The molecule has 1 saturated carbocycles. The highest BCUT2D eigenvalue weighted by Gasteiger charge is 2.34. The van der Waals surface area contributed by atoms with Gasteiger partial charge in [-0.25, -0.2) is 13.1 Å². The standard InChI is InChI=1S/C13H19BrN2O3S/c1-2-19-12-6-5-10(14)7-13(12)20(17,18)16-11(8-15)9-3-4-9/h5-7,9,11,16H,2-4,8,15H2,1H3. The Morgan fingerprint density at radius 2 is 2.20 bits per heavy atom. The fourth-order valence-electron chi connectivity index (χ4n) is 2.06. The van der Waals surface area contributed by atoms with Crippen LogP contribution in [-0.2, 0) is 10.0 Å². The van der Waals surface area contributed by atoms with Crippen LogP contribution in [0, 0.1) is 5.92 Å². The van der Waals surface area contributed by atoms with Crippen LogP contribution in [0.1, 0.15) is 19.8 Å². The van der Waals surface area contributed by atoms with Crippen molar-refractivity contribution in [3.05, 3.63) is 22.7 Å². The van der Waals surface area contributed by atoms with E-state index in [-0.39, 0.29) is 10.9 Å². The van der Waals surface area contributed by atoms with E-state index >= 15 is 0 Å². The molecule has 1 atom stereocenters. The minimum absolute atomic E-state index is 0.146. The molecule has 1 fully saturated rings. The maximum atomic E-state index is 12.5. The molecule has 0 amide bonds. The quantitative estimate of drug-likeness (QED) is 0.775. The first-order chi connectivity index (χ1) is 9.47. The number of halogens is 1. The van der Waals surface area contributed by atoms with Crippen LogP contribution < -0.4 is 15.2 Å². The number of sulfonamides is 1. The topological polar surface area (TPSA) is 81.4 Å². The van der Waals surface area contributed by atoms with Crippen LogP contribution in [-0.4, -0.2) is 27.6 Å². The van der Waals surface area contributed by atoms with Gasteiger partial charge in [0.15, 0.2) is 0 Å². The predicted molar refractivity (Wildman–Crippen MR) is 81.2 cm³/mol. The van der Waals surface area contributed by atoms with Crippen molar-refractivity contribution in [2.75, 3.05) is 13.2 Å². The van der Waals surface area contributed by atoms with Crippen LogP contribution >= 0.6 is 15.9 Å². The smallest absolute Gasteiger partial charge is 0.244 e. The van der Waals surface area contributed by atoms with Gasteiger partial charge in [-0.05, 0) is 43.9 Å². The van der Waals surface area contributed by atoms with Gasteiger partial charge in [-0.3, -0.25) is 0 Å². The summed E-state index contributed by atoms with van der Waals surface area (Å²) in [5.74, 6) is 0.715. The molecule has 112 valence electrons. The van der Waals surface area contributed by atoms with Crippen molar-refractivity contribution in [3.63, 3.8) is 0 Å². The Hall–Kier alpha value is -0.630. The van der Waals surface area contributed by atoms with Crippen molar-refractivity contribution in [1.29, 1.82) is 0 Å². The molecule has 0 aliphatic heterocycles. The van der Waals surface area contributed by atoms with E-state index in [0.717, 1.165) is 12.8 Å². The average Bonchev–Trinajstić information content (AvgIpc) is 3.22. The summed E-state index contributed by atoms with van der Waals surface area (Å²) >= 11 is 3.29. The van der Waals surface area contributed by atoms with Gasteiger partial charge in [0.25, 0.3) is 0 Å². The molecule has 1 aromatic rings. The van der Waals surface area contributed by atoms with E-state index in [0.29, 0.717) is 29.3 Å². The summed E-state index contributed by atoms with van der Waals surface area (Å²) in [5, 5.41) is 0. The minimum Gasteiger partial charge on any atom is -0.492 e. The highest BCUT2D eigenvalue weighted by Crippen LogP contribution is 2.34. The van der Waals surface area contributed by atoms with Gasteiger partial charge in [0.1, 0.15) is 10.6 Å². The van der Waals surface area contributed by atoms with E-state index in [1.165, 1.54) is 0 Å². The Kier molecular flexibility index (Phi) is 5.06. The maximum absolute atomic E-state index is 12.5. The lowest BCUT2D eigenvalue weighted by Crippen LogP contribution is -2.41. The van der Waals surface area contributed by atoms with E-state index in [4.69, 9.17) is 10.5 Å². The molecular formula is C13H19BrN2O3S. The second kappa shape index (κ2) is 6.43. The second-order valence-electron chi connectivity index (χ2n) is 4.82. The molecule has 0 bridgehead atoms. The highest BCUT2D eigenvalue weighted by atomic mass is 79.9. The molecular weight excluding hydrogens is 344 g/mol. The molecule has 2 rings (SSSR count). The van der Waals surface area contributed by atoms with E-state index in [1.807, 2.05) is 6.92 Å². The lowest BCUT2D eigenvalue weighted by atomic mass is 10.2. The third kappa shape index (κ3) is 3.72. The van der Waals surface area contributed by atoms with Crippen LogP contribution in [0.2, 0.25) is 0 Å². The van der Waals surface area contributed by atoms with E-state index in [1.54, 1.807) is 18.2 Å². The van der Waals surface area contributed by atoms with Crippen LogP contribution in [0.15, 0.2) is 27.6 Å². The number of rotatable bonds is 7. The second-order valence-corrected chi connectivity index (χ2v) is 7.42. The van der Waals surface area contributed by atoms with Gasteiger partial charge >= 0.3 is 0 Å². The molecule has 0 aromatic heterocycles. The zero-order valence-electron chi connectivity index (χ0n) is 11.3. The largest absolute Gasteiger partial charge is 0.492 e. The summed E-state index contributed by atoms with van der Waals surface area (Å²) in [5.41, 5.74) is 5.66. The van der Waals surface area contributed by atoms with Gasteiger partial charge in [0.05, 0.1) is 6.61 Å². The lowest BCUT2D eigenvalue weighted by Gasteiger charge is -2.18. The lowest BCUT2D eigenvalue weighted by molar-refractivity contribution is 0.330. The average molecular weight is 363 g/mol. The summed E-state index contributed by atoms with van der Waals surface area (Å²) < 4.78 is 33.8. The Morgan fingerprint density at radius 3 is 2.75 bits per heavy atom. The molecule has 0 spiro atoms. The number of nitrogens with two attached hydrogens (primary N) is 1. The van der Waals surface area contributed by atoms with E-state index < -0.39 is 10.0 Å². The minimum atomic E-state index is -3.64. The molecule has 0 saturated heterocycles. The first-order valence-corrected chi connectivity index (χ1v) is 8.90. The van der Waals surface area contributed by atoms with Gasteiger partial charge in [0, 0.05) is 17.1 Å². The first-order valence-electron chi connectivity index (χ1n) is 6.62. The van der Waals surface area contributed by atoms with Crippen molar-refractivity contribution in [3.8, 4) is 5.75 Å². The Balaban J connectivity index is 2.29. The molecule has 0 heterocycles. The number of benzene rings is 1. The number of ether oxygens (including phenoxy) is 1. The maximum Gasteiger partial charge on any atom is 0.244 e. The summed E-state index contributed by atoms with van der Waals surface area (Å²) in [7, 11) is -3.64. The molecule has 0 radical (unpaired) electrons. The monoisotopic (exact) mass is 362 g/mol. The van der Waals surface area contributed by atoms with Crippen molar-refractivity contribution in [1.82, 2.24) is 4.72 Å². The normalized spacial score (nSPS) is 16.9. The summed E-state index contributed by atoms with van der Waals surface area (Å²) in [4.78, 5) is 0.146. The van der Waals surface area contributed by atoms with E-state index in [9.17, 15) is 8.42 Å². The molecule has 1 aliphatic carbocycles. The fraction of sp³-hybridized carbons (Fsp3) is 0.538.